The van der Waals surface area contributed by atoms with E-state index in [1.165, 1.54) is 0 Å². The van der Waals surface area contributed by atoms with Crippen LogP contribution >= 0.6 is 0 Å². The Hall–Kier alpha value is -2.40. The fourth-order valence-corrected chi connectivity index (χ4v) is 2.33. The van der Waals surface area contributed by atoms with E-state index in [0.717, 1.165) is 6.42 Å². The van der Waals surface area contributed by atoms with Crippen LogP contribution in [0, 0.1) is 0 Å². The van der Waals surface area contributed by atoms with Crippen molar-refractivity contribution in [2.75, 3.05) is 6.61 Å². The number of aliphatic hydroxyl groups excluding tert-OH is 1. The molecule has 5 nitrogen and oxygen atoms in total. The quantitative estimate of drug-likeness (QED) is 0.687. The zero-order chi connectivity index (χ0) is 16.9. The number of aromatic amines is 1. The van der Waals surface area contributed by atoms with E-state index in [4.69, 9.17) is 5.11 Å². The average molecular weight is 314 g/mol. The van der Waals surface area contributed by atoms with Gasteiger partial charge >= 0.3 is 0 Å². The van der Waals surface area contributed by atoms with Gasteiger partial charge in [0.1, 0.15) is 0 Å². The Labute approximate surface area is 135 Å². The third kappa shape index (κ3) is 4.07. The summed E-state index contributed by atoms with van der Waals surface area (Å²) in [7, 11) is 0. The number of carbonyl (C=O) groups excluding carboxylic acids is 2. The molecular weight excluding hydrogens is 292 g/mol. The van der Waals surface area contributed by atoms with Crippen molar-refractivity contribution in [2.24, 2.45) is 0 Å². The van der Waals surface area contributed by atoms with Gasteiger partial charge in [0, 0.05) is 41.2 Å². The van der Waals surface area contributed by atoms with Gasteiger partial charge in [-0.2, -0.15) is 0 Å². The molecule has 0 aliphatic carbocycles. The molecule has 0 spiro atoms. The van der Waals surface area contributed by atoms with E-state index in [-0.39, 0.29) is 18.3 Å². The number of carbonyl (C=O) groups is 2. The predicted octanol–water partition coefficient (Wildman–Crippen LogP) is 2.53. The normalized spacial score (nSPS) is 13.3. The van der Waals surface area contributed by atoms with Crippen molar-refractivity contribution in [3.8, 4) is 0 Å². The third-order valence-electron chi connectivity index (χ3n) is 4.13. The van der Waals surface area contributed by atoms with Gasteiger partial charge in [0.2, 0.25) is 0 Å². The summed E-state index contributed by atoms with van der Waals surface area (Å²) in [4.78, 5) is 27.4. The minimum atomic E-state index is -0.439. The molecule has 2 aromatic rings. The summed E-state index contributed by atoms with van der Waals surface area (Å²) in [6, 6.07) is 8.30. The van der Waals surface area contributed by atoms with Gasteiger partial charge in [-0.1, -0.05) is 19.1 Å². The summed E-state index contributed by atoms with van der Waals surface area (Å²) in [5.41, 5.74) is 1.18. The summed E-state index contributed by atoms with van der Waals surface area (Å²) in [5.74, 6) is -0.291. The first kappa shape index (κ1) is 17.0. The van der Waals surface area contributed by atoms with E-state index in [1.54, 1.807) is 42.7 Å². The molecule has 0 saturated carbocycles. The first-order valence-corrected chi connectivity index (χ1v) is 7.70. The Morgan fingerprint density at radius 1 is 1.13 bits per heavy atom. The zero-order valence-corrected chi connectivity index (χ0v) is 13.4. The minimum Gasteiger partial charge on any atom is -0.396 e. The molecule has 0 fully saturated rings. The van der Waals surface area contributed by atoms with Crippen LogP contribution in [0.4, 0.5) is 0 Å². The highest BCUT2D eigenvalue weighted by Gasteiger charge is 2.24. The SMILES string of the molecule is CCC(C)(CCO)NC(=O)c1ccc(C(=O)c2cc[nH]c2)cc1. The molecule has 1 unspecified atom stereocenters. The molecule has 122 valence electrons. The molecule has 0 aliphatic heterocycles. The molecular formula is C18H22N2O3. The van der Waals surface area contributed by atoms with Gasteiger partial charge in [0.05, 0.1) is 0 Å². The first-order chi connectivity index (χ1) is 11.0. The molecule has 0 aliphatic rings. The lowest BCUT2D eigenvalue weighted by Crippen LogP contribution is -2.46. The molecule has 2 rings (SSSR count). The lowest BCUT2D eigenvalue weighted by atomic mass is 9.94. The standard InChI is InChI=1S/C18H22N2O3/c1-3-18(2,9-11-21)20-17(23)14-6-4-13(5-7-14)16(22)15-8-10-19-12-15/h4-8,10,12,19,21H,3,9,11H2,1-2H3,(H,20,23). The first-order valence-electron chi connectivity index (χ1n) is 7.70. The highest BCUT2D eigenvalue weighted by molar-refractivity contribution is 6.09. The number of hydrogen-bond acceptors (Lipinski definition) is 3. The molecule has 23 heavy (non-hydrogen) atoms. The van der Waals surface area contributed by atoms with Crippen LogP contribution in [0.25, 0.3) is 0 Å². The number of H-pyrrole nitrogens is 1. The fraction of sp³-hybridized carbons (Fsp3) is 0.333. The van der Waals surface area contributed by atoms with Crippen molar-refractivity contribution >= 4 is 11.7 Å². The van der Waals surface area contributed by atoms with Crippen molar-refractivity contribution in [1.29, 1.82) is 0 Å². The number of benzene rings is 1. The Balaban J connectivity index is 2.10. The second-order valence-electron chi connectivity index (χ2n) is 5.85. The van der Waals surface area contributed by atoms with E-state index in [1.807, 2.05) is 13.8 Å². The van der Waals surface area contributed by atoms with Crippen molar-refractivity contribution in [3.05, 3.63) is 59.4 Å². The maximum absolute atomic E-state index is 12.3. The van der Waals surface area contributed by atoms with Crippen LogP contribution in [0.1, 0.15) is 53.0 Å². The number of ketones is 1. The minimum absolute atomic E-state index is 0.0225. The van der Waals surface area contributed by atoms with Crippen LogP contribution in [0.3, 0.4) is 0 Å². The summed E-state index contributed by atoms with van der Waals surface area (Å²) in [6.45, 7) is 3.90. The largest absolute Gasteiger partial charge is 0.396 e. The Bertz CT molecular complexity index is 662. The van der Waals surface area contributed by atoms with E-state index >= 15 is 0 Å². The molecule has 0 radical (unpaired) electrons. The van der Waals surface area contributed by atoms with Crippen molar-refractivity contribution < 1.29 is 14.7 Å². The van der Waals surface area contributed by atoms with E-state index < -0.39 is 5.54 Å². The lowest BCUT2D eigenvalue weighted by Gasteiger charge is -2.29. The molecule has 0 bridgehead atoms. The Kier molecular flexibility index (Phi) is 5.34. The van der Waals surface area contributed by atoms with E-state index in [2.05, 4.69) is 10.3 Å². The lowest BCUT2D eigenvalue weighted by molar-refractivity contribution is 0.0885. The molecule has 5 heteroatoms. The number of aliphatic hydroxyl groups is 1. The zero-order valence-electron chi connectivity index (χ0n) is 13.4. The van der Waals surface area contributed by atoms with Gasteiger partial charge in [-0.15, -0.1) is 0 Å². The smallest absolute Gasteiger partial charge is 0.251 e. The van der Waals surface area contributed by atoms with Crippen LogP contribution < -0.4 is 5.32 Å². The maximum Gasteiger partial charge on any atom is 0.251 e. The topological polar surface area (TPSA) is 82.2 Å². The summed E-state index contributed by atoms with van der Waals surface area (Å²) < 4.78 is 0. The summed E-state index contributed by atoms with van der Waals surface area (Å²) in [6.07, 6.45) is 4.56. The number of hydrogen-bond donors (Lipinski definition) is 3. The molecule has 1 aromatic carbocycles. The van der Waals surface area contributed by atoms with Gasteiger partial charge in [-0.3, -0.25) is 9.59 Å². The van der Waals surface area contributed by atoms with Crippen LogP contribution in [0.15, 0.2) is 42.7 Å². The highest BCUT2D eigenvalue weighted by atomic mass is 16.3. The number of amides is 1. The average Bonchev–Trinajstić information content (AvgIpc) is 3.09. The number of nitrogens with one attached hydrogen (secondary N) is 2. The molecule has 1 amide bonds. The molecule has 1 heterocycles. The molecule has 1 aromatic heterocycles. The van der Waals surface area contributed by atoms with Gasteiger partial charge in [0.25, 0.3) is 5.91 Å². The fourth-order valence-electron chi connectivity index (χ4n) is 2.33. The number of aromatic nitrogens is 1. The Morgan fingerprint density at radius 3 is 2.30 bits per heavy atom. The highest BCUT2D eigenvalue weighted by Crippen LogP contribution is 2.16. The van der Waals surface area contributed by atoms with Crippen LogP contribution in [-0.4, -0.2) is 33.9 Å². The monoisotopic (exact) mass is 314 g/mol. The molecule has 1 atom stereocenters. The van der Waals surface area contributed by atoms with Crippen LogP contribution in [-0.2, 0) is 0 Å². The second kappa shape index (κ2) is 7.24. The second-order valence-corrected chi connectivity index (χ2v) is 5.85. The van der Waals surface area contributed by atoms with Gasteiger partial charge in [0.15, 0.2) is 5.78 Å². The van der Waals surface area contributed by atoms with E-state index in [9.17, 15) is 9.59 Å². The van der Waals surface area contributed by atoms with Gasteiger partial charge < -0.3 is 15.4 Å². The van der Waals surface area contributed by atoms with Gasteiger partial charge in [-0.25, -0.2) is 0 Å². The van der Waals surface area contributed by atoms with Gasteiger partial charge in [-0.05, 0) is 38.0 Å². The van der Waals surface area contributed by atoms with Crippen molar-refractivity contribution in [2.45, 2.75) is 32.2 Å². The maximum atomic E-state index is 12.3. The summed E-state index contributed by atoms with van der Waals surface area (Å²) >= 11 is 0. The van der Waals surface area contributed by atoms with Crippen molar-refractivity contribution in [1.82, 2.24) is 10.3 Å². The summed E-state index contributed by atoms with van der Waals surface area (Å²) in [5, 5.41) is 12.1. The van der Waals surface area contributed by atoms with Crippen LogP contribution in [0.2, 0.25) is 0 Å². The molecule has 0 saturated heterocycles. The third-order valence-corrected chi connectivity index (χ3v) is 4.13. The van der Waals surface area contributed by atoms with Crippen LogP contribution in [0.5, 0.6) is 0 Å². The number of rotatable bonds is 7. The molecule has 3 N–H and O–H groups in total. The predicted molar refractivity (Wildman–Crippen MR) is 88.5 cm³/mol. The van der Waals surface area contributed by atoms with E-state index in [0.29, 0.717) is 23.1 Å². The van der Waals surface area contributed by atoms with Crippen molar-refractivity contribution in [3.63, 3.8) is 0 Å². The Morgan fingerprint density at radius 2 is 1.78 bits per heavy atom.